The lowest BCUT2D eigenvalue weighted by atomic mass is 10.2. The summed E-state index contributed by atoms with van der Waals surface area (Å²) in [5.41, 5.74) is -0.911. The lowest BCUT2D eigenvalue weighted by molar-refractivity contribution is -0.130. The molecule has 0 bridgehead atoms. The first-order valence-electron chi connectivity index (χ1n) is 9.77. The molecule has 1 aliphatic heterocycles. The number of amides is 1. The number of hydrogen-bond acceptors (Lipinski definition) is 5. The second-order valence-corrected chi connectivity index (χ2v) is 7.23. The van der Waals surface area contributed by atoms with E-state index in [1.54, 1.807) is 16.7 Å². The fourth-order valence-corrected chi connectivity index (χ4v) is 3.92. The van der Waals surface area contributed by atoms with E-state index in [0.717, 1.165) is 12.5 Å². The number of aromatic nitrogens is 2. The van der Waals surface area contributed by atoms with E-state index in [2.05, 4.69) is 4.98 Å². The molecule has 0 saturated carbocycles. The van der Waals surface area contributed by atoms with Crippen molar-refractivity contribution in [2.24, 2.45) is 0 Å². The number of aryl methyl sites for hydroxylation is 1. The van der Waals surface area contributed by atoms with Gasteiger partial charge in [0.25, 0.3) is 0 Å². The number of nitrogens with zero attached hydrogens (tertiary/aromatic N) is 4. The van der Waals surface area contributed by atoms with Gasteiger partial charge in [0.1, 0.15) is 11.2 Å². The van der Waals surface area contributed by atoms with Gasteiger partial charge < -0.3 is 19.5 Å². The second-order valence-electron chi connectivity index (χ2n) is 7.23. The Hall–Kier alpha value is -2.97. The first-order chi connectivity index (χ1) is 13.8. The monoisotopic (exact) mass is 404 g/mol. The van der Waals surface area contributed by atoms with Crippen LogP contribution in [0.1, 0.15) is 44.0 Å². The molecule has 1 amide bonds. The molecule has 1 fully saturated rings. The van der Waals surface area contributed by atoms with E-state index in [-0.39, 0.29) is 28.8 Å². The fraction of sp³-hybridized carbons (Fsp3) is 0.500. The summed E-state index contributed by atoms with van der Waals surface area (Å²) in [6, 6.07) is 1.05. The summed E-state index contributed by atoms with van der Waals surface area (Å²) in [7, 11) is 0. The molecule has 9 heteroatoms. The molecule has 8 nitrogen and oxygen atoms in total. The molecule has 29 heavy (non-hydrogen) atoms. The van der Waals surface area contributed by atoms with Crippen LogP contribution in [0.3, 0.4) is 0 Å². The summed E-state index contributed by atoms with van der Waals surface area (Å²) in [4.78, 5) is 43.7. The summed E-state index contributed by atoms with van der Waals surface area (Å²) < 4.78 is 16.4. The van der Waals surface area contributed by atoms with Crippen LogP contribution < -0.4 is 10.3 Å². The Balaban J connectivity index is 2.02. The predicted octanol–water partition coefficient (Wildman–Crippen LogP) is 2.09. The summed E-state index contributed by atoms with van der Waals surface area (Å²) in [5, 5.41) is 9.19. The van der Waals surface area contributed by atoms with Crippen LogP contribution >= 0.6 is 0 Å². The van der Waals surface area contributed by atoms with Crippen molar-refractivity contribution in [3.63, 3.8) is 0 Å². The molecule has 1 aliphatic rings. The zero-order valence-electron chi connectivity index (χ0n) is 16.8. The average Bonchev–Trinajstić information content (AvgIpc) is 3.15. The highest BCUT2D eigenvalue weighted by molar-refractivity contribution is 5.92. The van der Waals surface area contributed by atoms with E-state index in [1.807, 2.05) is 6.92 Å². The van der Waals surface area contributed by atoms with Crippen LogP contribution in [0.4, 0.5) is 10.2 Å². The zero-order chi connectivity index (χ0) is 21.3. The molecule has 1 unspecified atom stereocenters. The molecule has 1 saturated heterocycles. The molecular weight excluding hydrogens is 379 g/mol. The Morgan fingerprint density at radius 1 is 1.38 bits per heavy atom. The number of anilines is 1. The third kappa shape index (κ3) is 3.81. The molecule has 0 aliphatic carbocycles. The Morgan fingerprint density at radius 2 is 2.10 bits per heavy atom. The molecule has 2 aromatic heterocycles. The number of hydrogen-bond donors (Lipinski definition) is 1. The van der Waals surface area contributed by atoms with Gasteiger partial charge in [0.05, 0.1) is 11.4 Å². The van der Waals surface area contributed by atoms with Crippen LogP contribution in [0, 0.1) is 5.82 Å². The Bertz CT molecular complexity index is 1020. The topological polar surface area (TPSA) is 95.7 Å². The number of fused-ring (bicyclic) bond motifs is 1. The van der Waals surface area contributed by atoms with Gasteiger partial charge >= 0.3 is 5.97 Å². The van der Waals surface area contributed by atoms with Crippen LogP contribution in [0.2, 0.25) is 0 Å². The third-order valence-electron chi connectivity index (χ3n) is 5.33. The van der Waals surface area contributed by atoms with Gasteiger partial charge in [-0.25, -0.2) is 14.2 Å². The van der Waals surface area contributed by atoms with E-state index in [9.17, 15) is 23.9 Å². The molecule has 0 radical (unpaired) electrons. The number of carboxylic acids is 1. The SMILES string of the molecule is CCCN(C(C)=O)C1CCN(c2nc3c(cc2F)c(=O)c(C(=O)O)cn3CC)C1. The number of pyridine rings is 2. The first-order valence-corrected chi connectivity index (χ1v) is 9.77. The van der Waals surface area contributed by atoms with E-state index < -0.39 is 22.8 Å². The van der Waals surface area contributed by atoms with Crippen molar-refractivity contribution in [1.82, 2.24) is 14.5 Å². The number of carbonyl (C=O) groups excluding carboxylic acids is 1. The standard InChI is InChI=1S/C20H25FN4O4/c1-4-7-25(12(3)26)13-6-8-24(10-13)19-16(21)9-14-17(27)15(20(28)29)11-23(5-2)18(14)22-19/h9,11,13H,4-8,10H2,1-3H3,(H,28,29). The maximum atomic E-state index is 14.9. The van der Waals surface area contributed by atoms with Crippen molar-refractivity contribution in [3.05, 3.63) is 33.9 Å². The number of rotatable bonds is 6. The minimum absolute atomic E-state index is 0.00772. The molecule has 3 heterocycles. The number of halogens is 1. The first kappa shape index (κ1) is 20.8. The molecule has 0 aromatic carbocycles. The zero-order valence-corrected chi connectivity index (χ0v) is 16.8. The molecule has 1 atom stereocenters. The Labute approximate surface area is 167 Å². The van der Waals surface area contributed by atoms with Crippen molar-refractivity contribution in [1.29, 1.82) is 0 Å². The van der Waals surface area contributed by atoms with Gasteiger partial charge in [-0.3, -0.25) is 9.59 Å². The van der Waals surface area contributed by atoms with Crippen LogP contribution in [-0.4, -0.2) is 57.1 Å². The highest BCUT2D eigenvalue weighted by atomic mass is 19.1. The smallest absolute Gasteiger partial charge is 0.341 e. The van der Waals surface area contributed by atoms with Crippen LogP contribution in [0.15, 0.2) is 17.1 Å². The van der Waals surface area contributed by atoms with Gasteiger partial charge in [-0.15, -0.1) is 0 Å². The van der Waals surface area contributed by atoms with Gasteiger partial charge in [-0.05, 0) is 25.8 Å². The normalized spacial score (nSPS) is 16.4. The lowest BCUT2D eigenvalue weighted by Gasteiger charge is -2.28. The van der Waals surface area contributed by atoms with Gasteiger partial charge in [0.15, 0.2) is 11.6 Å². The van der Waals surface area contributed by atoms with Crippen molar-refractivity contribution in [2.45, 2.75) is 46.2 Å². The number of aromatic carboxylic acids is 1. The maximum absolute atomic E-state index is 14.9. The highest BCUT2D eigenvalue weighted by Gasteiger charge is 2.31. The summed E-state index contributed by atoms with van der Waals surface area (Å²) >= 11 is 0. The van der Waals surface area contributed by atoms with Crippen LogP contribution in [0.5, 0.6) is 0 Å². The van der Waals surface area contributed by atoms with E-state index >= 15 is 0 Å². The minimum atomic E-state index is -1.36. The summed E-state index contributed by atoms with van der Waals surface area (Å²) in [5.74, 6) is -1.92. The van der Waals surface area contributed by atoms with Crippen molar-refractivity contribution in [2.75, 3.05) is 24.5 Å². The highest BCUT2D eigenvalue weighted by Crippen LogP contribution is 2.26. The van der Waals surface area contributed by atoms with E-state index in [0.29, 0.717) is 32.6 Å². The molecule has 1 N–H and O–H groups in total. The van der Waals surface area contributed by atoms with Crippen molar-refractivity contribution >= 4 is 28.7 Å². The fourth-order valence-electron chi connectivity index (χ4n) is 3.92. The van der Waals surface area contributed by atoms with Gasteiger partial charge in [-0.1, -0.05) is 6.92 Å². The average molecular weight is 404 g/mol. The predicted molar refractivity (Wildman–Crippen MR) is 107 cm³/mol. The number of carboxylic acid groups (broad SMARTS) is 1. The summed E-state index contributed by atoms with van der Waals surface area (Å²) in [6.07, 6.45) is 2.79. The molecule has 3 rings (SSSR count). The quantitative estimate of drug-likeness (QED) is 0.792. The summed E-state index contributed by atoms with van der Waals surface area (Å²) in [6.45, 7) is 7.36. The maximum Gasteiger partial charge on any atom is 0.341 e. The molecule has 2 aromatic rings. The molecular formula is C20H25FN4O4. The molecule has 0 spiro atoms. The van der Waals surface area contributed by atoms with Gasteiger partial charge in [0.2, 0.25) is 11.3 Å². The Morgan fingerprint density at radius 3 is 2.69 bits per heavy atom. The largest absolute Gasteiger partial charge is 0.477 e. The van der Waals surface area contributed by atoms with Gasteiger partial charge in [-0.2, -0.15) is 0 Å². The molecule has 156 valence electrons. The number of carbonyl (C=O) groups is 2. The third-order valence-corrected chi connectivity index (χ3v) is 5.33. The van der Waals surface area contributed by atoms with E-state index in [1.165, 1.54) is 17.7 Å². The van der Waals surface area contributed by atoms with Crippen molar-refractivity contribution < 1.29 is 19.1 Å². The lowest BCUT2D eigenvalue weighted by Crippen LogP contribution is -2.41. The van der Waals surface area contributed by atoms with Gasteiger partial charge in [0, 0.05) is 39.3 Å². The van der Waals surface area contributed by atoms with Crippen LogP contribution in [-0.2, 0) is 11.3 Å². The van der Waals surface area contributed by atoms with Crippen molar-refractivity contribution in [3.8, 4) is 0 Å². The second kappa shape index (κ2) is 8.18. The van der Waals surface area contributed by atoms with E-state index in [4.69, 9.17) is 0 Å². The Kier molecular flexibility index (Phi) is 5.86. The minimum Gasteiger partial charge on any atom is -0.477 e. The van der Waals surface area contributed by atoms with Crippen LogP contribution in [0.25, 0.3) is 11.0 Å².